The zero-order chi connectivity index (χ0) is 29.4. The van der Waals surface area contributed by atoms with Crippen molar-refractivity contribution < 1.29 is 14.3 Å². The number of aromatic nitrogens is 1. The van der Waals surface area contributed by atoms with Crippen LogP contribution in [0.4, 0.5) is 5.13 Å². The highest BCUT2D eigenvalue weighted by Gasteiger charge is 2.26. The molecule has 1 atom stereocenters. The minimum atomic E-state index is -0.621. The molecule has 40 heavy (non-hydrogen) atoms. The van der Waals surface area contributed by atoms with Gasteiger partial charge in [0.05, 0.1) is 21.7 Å². The molecule has 1 heterocycles. The Morgan fingerprint density at radius 1 is 1.05 bits per heavy atom. The van der Waals surface area contributed by atoms with Gasteiger partial charge in [-0.1, -0.05) is 62.2 Å². The van der Waals surface area contributed by atoms with E-state index in [-0.39, 0.29) is 11.9 Å². The van der Waals surface area contributed by atoms with Crippen molar-refractivity contribution >= 4 is 51.5 Å². The molecule has 0 bridgehead atoms. The van der Waals surface area contributed by atoms with Gasteiger partial charge in [-0.3, -0.25) is 9.59 Å². The monoisotopic (exact) mass is 603 g/mol. The fraction of sp³-hybridized carbons (Fsp3) is 0.452. The van der Waals surface area contributed by atoms with Crippen molar-refractivity contribution in [2.75, 3.05) is 18.4 Å². The van der Waals surface area contributed by atoms with Crippen LogP contribution in [0.15, 0.2) is 42.5 Å². The highest BCUT2D eigenvalue weighted by molar-refractivity contribution is 7.16. The summed E-state index contributed by atoms with van der Waals surface area (Å²) in [4.78, 5) is 31.8. The summed E-state index contributed by atoms with van der Waals surface area (Å²) < 4.78 is 5.76. The first-order valence-corrected chi connectivity index (χ1v) is 15.2. The number of carbonyl (C=O) groups excluding carboxylic acids is 2. The number of benzene rings is 2. The lowest BCUT2D eigenvalue weighted by atomic mass is 9.97. The number of rotatable bonds is 12. The summed E-state index contributed by atoms with van der Waals surface area (Å²) in [6.45, 7) is 12.9. The molecule has 2 N–H and O–H groups in total. The van der Waals surface area contributed by atoms with E-state index in [1.165, 1.54) is 0 Å². The Bertz CT molecular complexity index is 1320. The Labute approximate surface area is 251 Å². The molecule has 0 radical (unpaired) electrons. The first-order chi connectivity index (χ1) is 18.9. The molecule has 9 heteroatoms. The number of ether oxygens (including phenoxy) is 1. The number of hydrogen-bond donors (Lipinski definition) is 2. The molecule has 0 spiro atoms. The maximum Gasteiger partial charge on any atom is 0.311 e. The van der Waals surface area contributed by atoms with Gasteiger partial charge in [-0.25, -0.2) is 4.98 Å². The van der Waals surface area contributed by atoms with E-state index in [1.54, 1.807) is 23.5 Å². The molecule has 0 saturated carbocycles. The van der Waals surface area contributed by atoms with Crippen molar-refractivity contribution in [2.45, 2.75) is 66.4 Å². The minimum Gasteiger partial charge on any atom is -0.460 e. The first kappa shape index (κ1) is 31.9. The average Bonchev–Trinajstić information content (AvgIpc) is 3.27. The summed E-state index contributed by atoms with van der Waals surface area (Å²) in [5.74, 6) is -0.472. The van der Waals surface area contributed by atoms with Crippen molar-refractivity contribution in [3.8, 4) is 11.3 Å². The first-order valence-electron chi connectivity index (χ1n) is 13.6. The van der Waals surface area contributed by atoms with Crippen LogP contribution in [-0.4, -0.2) is 35.6 Å². The summed E-state index contributed by atoms with van der Waals surface area (Å²) >= 11 is 14.0. The molecule has 3 rings (SSSR count). The molecule has 0 aliphatic rings. The molecular formula is C31H39Cl2N3O3S. The van der Waals surface area contributed by atoms with E-state index in [2.05, 4.69) is 24.5 Å². The van der Waals surface area contributed by atoms with Gasteiger partial charge in [0.25, 0.3) is 5.91 Å². The van der Waals surface area contributed by atoms with Gasteiger partial charge in [-0.15, -0.1) is 11.3 Å². The summed E-state index contributed by atoms with van der Waals surface area (Å²) in [6, 6.07) is 12.9. The topological polar surface area (TPSA) is 80.3 Å². The molecular weight excluding hydrogens is 565 g/mol. The molecule has 0 saturated heterocycles. The second-order valence-electron chi connectivity index (χ2n) is 11.3. The molecule has 1 unspecified atom stereocenters. The van der Waals surface area contributed by atoms with Crippen LogP contribution in [0, 0.1) is 11.8 Å². The number of thiazole rings is 1. The van der Waals surface area contributed by atoms with Crippen molar-refractivity contribution in [1.29, 1.82) is 0 Å². The number of hydrogen-bond acceptors (Lipinski definition) is 6. The maximum absolute atomic E-state index is 13.3. The predicted molar refractivity (Wildman–Crippen MR) is 167 cm³/mol. The molecule has 0 aliphatic heterocycles. The summed E-state index contributed by atoms with van der Waals surface area (Å²) in [5.41, 5.74) is 2.60. The van der Waals surface area contributed by atoms with Crippen LogP contribution in [0.3, 0.4) is 0 Å². The zero-order valence-electron chi connectivity index (χ0n) is 24.1. The van der Waals surface area contributed by atoms with E-state index in [0.717, 1.165) is 39.7 Å². The van der Waals surface area contributed by atoms with Gasteiger partial charge in [0, 0.05) is 29.1 Å². The van der Waals surface area contributed by atoms with Gasteiger partial charge in [0.2, 0.25) is 0 Å². The molecule has 216 valence electrons. The van der Waals surface area contributed by atoms with Crippen molar-refractivity contribution in [3.05, 3.63) is 68.5 Å². The van der Waals surface area contributed by atoms with E-state index in [0.29, 0.717) is 41.0 Å². The molecule has 6 nitrogen and oxygen atoms in total. The predicted octanol–water partition coefficient (Wildman–Crippen LogP) is 8.07. The Morgan fingerprint density at radius 2 is 1.80 bits per heavy atom. The second-order valence-corrected chi connectivity index (χ2v) is 13.2. The van der Waals surface area contributed by atoms with Gasteiger partial charge in [-0.05, 0) is 75.8 Å². The molecule has 1 aromatic heterocycles. The van der Waals surface area contributed by atoms with Crippen LogP contribution in [0.25, 0.3) is 11.3 Å². The van der Waals surface area contributed by atoms with Crippen LogP contribution in [0.5, 0.6) is 0 Å². The smallest absolute Gasteiger partial charge is 0.311 e. The van der Waals surface area contributed by atoms with Gasteiger partial charge in [-0.2, -0.15) is 0 Å². The summed E-state index contributed by atoms with van der Waals surface area (Å²) in [7, 11) is 0. The van der Waals surface area contributed by atoms with Crippen LogP contribution in [0.1, 0.15) is 68.8 Å². The molecule has 1 amide bonds. The van der Waals surface area contributed by atoms with Gasteiger partial charge >= 0.3 is 5.97 Å². The number of esters is 1. The van der Waals surface area contributed by atoms with Crippen LogP contribution >= 0.6 is 34.5 Å². The quantitative estimate of drug-likeness (QED) is 0.205. The Kier molecular flexibility index (Phi) is 11.4. The van der Waals surface area contributed by atoms with Crippen LogP contribution in [0.2, 0.25) is 10.0 Å². The van der Waals surface area contributed by atoms with Crippen molar-refractivity contribution in [3.63, 3.8) is 0 Å². The van der Waals surface area contributed by atoms with E-state index in [4.69, 9.17) is 32.9 Å². The third kappa shape index (κ3) is 9.50. The minimum absolute atomic E-state index is 0.119. The number of anilines is 1. The number of halogens is 2. The number of amides is 1. The number of carbonyl (C=O) groups is 2. The van der Waals surface area contributed by atoms with Gasteiger partial charge in [0.1, 0.15) is 5.60 Å². The third-order valence-corrected chi connectivity index (χ3v) is 7.71. The summed E-state index contributed by atoms with van der Waals surface area (Å²) in [6.07, 6.45) is 2.14. The lowest BCUT2D eigenvalue weighted by molar-refractivity contribution is -0.159. The standard InChI is InChI=1S/C31H39Cl2N3O3S/c1-7-13-34-28(37)22-10-8-9-20(15-22)16-23(29(38)39-31(4,5)6)18-35-30-36-27(26(40-30)14-19(2)3)21-11-12-24(32)25(33)17-21/h8-12,15,17,19,23H,7,13-14,16,18H2,1-6H3,(H,34,37)(H,35,36). The Hall–Kier alpha value is -2.61. The third-order valence-electron chi connectivity index (χ3n) is 5.93. The number of nitrogens with one attached hydrogen (secondary N) is 2. The normalized spacial score (nSPS) is 12.3. The maximum atomic E-state index is 13.3. The van der Waals surface area contributed by atoms with Crippen LogP contribution in [-0.2, 0) is 22.4 Å². The molecule has 3 aromatic rings. The van der Waals surface area contributed by atoms with E-state index in [1.807, 2.05) is 58.0 Å². The van der Waals surface area contributed by atoms with Crippen molar-refractivity contribution in [1.82, 2.24) is 10.3 Å². The SMILES string of the molecule is CCCNC(=O)c1cccc(CC(CNc2nc(-c3ccc(Cl)c(Cl)c3)c(CC(C)C)s2)C(=O)OC(C)(C)C)c1. The highest BCUT2D eigenvalue weighted by atomic mass is 35.5. The Morgan fingerprint density at radius 3 is 2.45 bits per heavy atom. The molecule has 0 fully saturated rings. The van der Waals surface area contributed by atoms with E-state index >= 15 is 0 Å². The highest BCUT2D eigenvalue weighted by Crippen LogP contribution is 2.36. The second kappa shape index (κ2) is 14.3. The number of nitrogens with zero attached hydrogens (tertiary/aromatic N) is 1. The molecule has 0 aliphatic carbocycles. The fourth-order valence-electron chi connectivity index (χ4n) is 4.10. The largest absolute Gasteiger partial charge is 0.460 e. The van der Waals surface area contributed by atoms with E-state index in [9.17, 15) is 9.59 Å². The zero-order valence-corrected chi connectivity index (χ0v) is 26.4. The summed E-state index contributed by atoms with van der Waals surface area (Å²) in [5, 5.41) is 8.00. The van der Waals surface area contributed by atoms with E-state index < -0.39 is 11.5 Å². The van der Waals surface area contributed by atoms with Crippen LogP contribution < -0.4 is 10.6 Å². The van der Waals surface area contributed by atoms with Gasteiger partial charge < -0.3 is 15.4 Å². The lowest BCUT2D eigenvalue weighted by Gasteiger charge is -2.24. The fourth-order valence-corrected chi connectivity index (χ4v) is 5.61. The van der Waals surface area contributed by atoms with Crippen molar-refractivity contribution in [2.24, 2.45) is 11.8 Å². The van der Waals surface area contributed by atoms with Gasteiger partial charge in [0.15, 0.2) is 5.13 Å². The Balaban J connectivity index is 1.85. The lowest BCUT2D eigenvalue weighted by Crippen LogP contribution is -2.33. The molecule has 2 aromatic carbocycles. The average molecular weight is 605 g/mol.